The Hall–Kier alpha value is -1.95. The summed E-state index contributed by atoms with van der Waals surface area (Å²) < 4.78 is 0. The van der Waals surface area contributed by atoms with Crippen molar-refractivity contribution in [2.24, 2.45) is 11.8 Å². The summed E-state index contributed by atoms with van der Waals surface area (Å²) in [4.78, 5) is 23.7. The number of rotatable bonds is 4. The fourth-order valence-electron chi connectivity index (χ4n) is 2.98. The molecule has 6 heteroatoms. The van der Waals surface area contributed by atoms with Crippen LogP contribution in [0.5, 0.6) is 0 Å². The van der Waals surface area contributed by atoms with E-state index in [4.69, 9.17) is 0 Å². The minimum Gasteiger partial charge on any atom is -0.481 e. The van der Waals surface area contributed by atoms with E-state index in [2.05, 4.69) is 11.8 Å². The standard InChI is InChI=1S/C15H20N2O4/c1-10-5-13(15(18)19)9-16(7-10)8-12-3-4-14(17(20)21)6-11(12)2/h3-4,6,10,13H,5,7-9H2,1-2H3,(H,18,19). The van der Waals surface area contributed by atoms with E-state index in [9.17, 15) is 20.0 Å². The summed E-state index contributed by atoms with van der Waals surface area (Å²) in [5.41, 5.74) is 1.97. The van der Waals surface area contributed by atoms with Crippen LogP contribution in [0.15, 0.2) is 18.2 Å². The Morgan fingerprint density at radius 3 is 2.76 bits per heavy atom. The van der Waals surface area contributed by atoms with Crippen molar-refractivity contribution >= 4 is 11.7 Å². The number of nitro groups is 1. The van der Waals surface area contributed by atoms with Gasteiger partial charge in [-0.25, -0.2) is 0 Å². The Balaban J connectivity index is 2.10. The Morgan fingerprint density at radius 1 is 1.48 bits per heavy atom. The number of hydrogen-bond donors (Lipinski definition) is 1. The maximum absolute atomic E-state index is 11.2. The molecule has 0 spiro atoms. The number of aliphatic carboxylic acids is 1. The van der Waals surface area contributed by atoms with Crippen molar-refractivity contribution in [1.29, 1.82) is 0 Å². The number of likely N-dealkylation sites (tertiary alicyclic amines) is 1. The molecular weight excluding hydrogens is 272 g/mol. The number of carboxylic acids is 1. The van der Waals surface area contributed by atoms with E-state index in [-0.39, 0.29) is 11.6 Å². The third-order valence-electron chi connectivity index (χ3n) is 4.02. The maximum Gasteiger partial charge on any atom is 0.307 e. The summed E-state index contributed by atoms with van der Waals surface area (Å²) >= 11 is 0. The van der Waals surface area contributed by atoms with Gasteiger partial charge in [0.05, 0.1) is 10.8 Å². The first-order valence-electron chi connectivity index (χ1n) is 7.06. The van der Waals surface area contributed by atoms with Gasteiger partial charge in [0.2, 0.25) is 0 Å². The molecule has 1 aromatic rings. The SMILES string of the molecule is Cc1cc([N+](=O)[O-])ccc1CN1CC(C)CC(C(=O)O)C1. The number of nitrogens with zero attached hydrogens (tertiary/aromatic N) is 2. The molecule has 114 valence electrons. The van der Waals surface area contributed by atoms with E-state index in [1.807, 2.05) is 6.92 Å². The number of nitro benzene ring substituents is 1. The van der Waals surface area contributed by atoms with Gasteiger partial charge in [-0.1, -0.05) is 13.0 Å². The molecule has 1 heterocycles. The molecule has 1 aliphatic rings. The average Bonchev–Trinajstić information content (AvgIpc) is 2.40. The number of carboxylic acid groups (broad SMARTS) is 1. The molecule has 1 aromatic carbocycles. The zero-order valence-electron chi connectivity index (χ0n) is 12.3. The first kappa shape index (κ1) is 15.4. The summed E-state index contributed by atoms with van der Waals surface area (Å²) in [5.74, 6) is -0.725. The molecule has 0 amide bonds. The lowest BCUT2D eigenvalue weighted by Gasteiger charge is -2.34. The third-order valence-corrected chi connectivity index (χ3v) is 4.02. The molecule has 1 fully saturated rings. The first-order chi connectivity index (χ1) is 9.86. The summed E-state index contributed by atoms with van der Waals surface area (Å²) in [6, 6.07) is 4.84. The molecule has 2 atom stereocenters. The van der Waals surface area contributed by atoms with Gasteiger partial charge in [-0.15, -0.1) is 0 Å². The number of aryl methyl sites for hydroxylation is 1. The fraction of sp³-hybridized carbons (Fsp3) is 0.533. The van der Waals surface area contributed by atoms with Crippen LogP contribution in [0.1, 0.15) is 24.5 Å². The molecule has 2 rings (SSSR count). The number of hydrogen-bond acceptors (Lipinski definition) is 4. The second kappa shape index (κ2) is 6.22. The zero-order chi connectivity index (χ0) is 15.6. The highest BCUT2D eigenvalue weighted by Gasteiger charge is 2.29. The van der Waals surface area contributed by atoms with Gasteiger partial charge in [-0.05, 0) is 30.4 Å². The first-order valence-corrected chi connectivity index (χ1v) is 7.06. The number of benzene rings is 1. The second-order valence-corrected chi connectivity index (χ2v) is 5.94. The summed E-state index contributed by atoms with van der Waals surface area (Å²) in [6.45, 7) is 5.95. The molecule has 1 N–H and O–H groups in total. The Labute approximate surface area is 123 Å². The largest absolute Gasteiger partial charge is 0.481 e. The molecule has 6 nitrogen and oxygen atoms in total. The molecule has 0 aliphatic carbocycles. The summed E-state index contributed by atoms with van der Waals surface area (Å²) in [5, 5.41) is 19.9. The van der Waals surface area contributed by atoms with Crippen molar-refractivity contribution in [2.45, 2.75) is 26.8 Å². The summed E-state index contributed by atoms with van der Waals surface area (Å²) in [6.07, 6.45) is 0.713. The van der Waals surface area contributed by atoms with E-state index in [0.717, 1.165) is 17.7 Å². The maximum atomic E-state index is 11.2. The normalized spacial score (nSPS) is 23.0. The zero-order valence-corrected chi connectivity index (χ0v) is 12.3. The fourth-order valence-corrected chi connectivity index (χ4v) is 2.98. The van der Waals surface area contributed by atoms with Gasteiger partial charge in [-0.3, -0.25) is 19.8 Å². The van der Waals surface area contributed by atoms with Gasteiger partial charge in [0.1, 0.15) is 0 Å². The van der Waals surface area contributed by atoms with Crippen LogP contribution in [0.25, 0.3) is 0 Å². The second-order valence-electron chi connectivity index (χ2n) is 5.94. The van der Waals surface area contributed by atoms with Crippen LogP contribution in [0.3, 0.4) is 0 Å². The number of non-ortho nitro benzene ring substituents is 1. The summed E-state index contributed by atoms with van der Waals surface area (Å²) in [7, 11) is 0. The van der Waals surface area contributed by atoms with Crippen LogP contribution in [-0.4, -0.2) is 34.0 Å². The molecule has 0 saturated carbocycles. The molecule has 1 aliphatic heterocycles. The van der Waals surface area contributed by atoms with Crippen LogP contribution >= 0.6 is 0 Å². The molecule has 1 saturated heterocycles. The quantitative estimate of drug-likeness (QED) is 0.680. The molecule has 0 radical (unpaired) electrons. The Bertz CT molecular complexity index is 559. The number of carbonyl (C=O) groups is 1. The van der Waals surface area contributed by atoms with Crippen LogP contribution in [-0.2, 0) is 11.3 Å². The predicted octanol–water partition coefficient (Wildman–Crippen LogP) is 2.45. The van der Waals surface area contributed by atoms with Crippen LogP contribution < -0.4 is 0 Å². The van der Waals surface area contributed by atoms with Crippen molar-refractivity contribution < 1.29 is 14.8 Å². The molecule has 0 bridgehead atoms. The minimum absolute atomic E-state index is 0.0895. The van der Waals surface area contributed by atoms with Crippen molar-refractivity contribution in [3.63, 3.8) is 0 Å². The Kier molecular flexibility index (Phi) is 4.57. The number of piperidine rings is 1. The highest BCUT2D eigenvalue weighted by Crippen LogP contribution is 2.25. The van der Waals surface area contributed by atoms with Crippen molar-refractivity contribution in [3.05, 3.63) is 39.4 Å². The van der Waals surface area contributed by atoms with Gasteiger partial charge in [0.15, 0.2) is 0 Å². The van der Waals surface area contributed by atoms with Crippen LogP contribution in [0.2, 0.25) is 0 Å². The lowest BCUT2D eigenvalue weighted by atomic mass is 9.90. The van der Waals surface area contributed by atoms with Crippen molar-refractivity contribution in [3.8, 4) is 0 Å². The van der Waals surface area contributed by atoms with Crippen molar-refractivity contribution in [1.82, 2.24) is 4.90 Å². The highest BCUT2D eigenvalue weighted by molar-refractivity contribution is 5.70. The van der Waals surface area contributed by atoms with Crippen molar-refractivity contribution in [2.75, 3.05) is 13.1 Å². The van der Waals surface area contributed by atoms with Gasteiger partial charge in [0, 0.05) is 31.8 Å². The third kappa shape index (κ3) is 3.78. The van der Waals surface area contributed by atoms with Crippen LogP contribution in [0.4, 0.5) is 5.69 Å². The van der Waals surface area contributed by atoms with E-state index in [0.29, 0.717) is 25.4 Å². The monoisotopic (exact) mass is 292 g/mol. The lowest BCUT2D eigenvalue weighted by Crippen LogP contribution is -2.42. The smallest absolute Gasteiger partial charge is 0.307 e. The van der Waals surface area contributed by atoms with E-state index >= 15 is 0 Å². The molecule has 2 unspecified atom stereocenters. The van der Waals surface area contributed by atoms with E-state index < -0.39 is 10.9 Å². The molecule has 0 aromatic heterocycles. The molecule has 21 heavy (non-hydrogen) atoms. The lowest BCUT2D eigenvalue weighted by molar-refractivity contribution is -0.384. The van der Waals surface area contributed by atoms with Gasteiger partial charge < -0.3 is 5.11 Å². The van der Waals surface area contributed by atoms with Gasteiger partial charge in [0.25, 0.3) is 5.69 Å². The van der Waals surface area contributed by atoms with Crippen LogP contribution in [0, 0.1) is 28.9 Å². The average molecular weight is 292 g/mol. The predicted molar refractivity (Wildman–Crippen MR) is 78.0 cm³/mol. The van der Waals surface area contributed by atoms with Gasteiger partial charge in [-0.2, -0.15) is 0 Å². The Morgan fingerprint density at radius 2 is 2.19 bits per heavy atom. The van der Waals surface area contributed by atoms with Gasteiger partial charge >= 0.3 is 5.97 Å². The highest BCUT2D eigenvalue weighted by atomic mass is 16.6. The molecular formula is C15H20N2O4. The van der Waals surface area contributed by atoms with E-state index in [1.54, 1.807) is 12.1 Å². The minimum atomic E-state index is -0.744. The van der Waals surface area contributed by atoms with E-state index in [1.165, 1.54) is 6.07 Å². The topological polar surface area (TPSA) is 83.7 Å².